The lowest BCUT2D eigenvalue weighted by Gasteiger charge is -2.31. The van der Waals surface area contributed by atoms with E-state index < -0.39 is 0 Å². The Bertz CT molecular complexity index is 530. The Hall–Kier alpha value is -1.75. The highest BCUT2D eigenvalue weighted by atomic mass is 16.5. The summed E-state index contributed by atoms with van der Waals surface area (Å²) in [7, 11) is 1.59. The molecule has 1 fully saturated rings. The van der Waals surface area contributed by atoms with Crippen LogP contribution in [-0.2, 0) is 4.74 Å². The molecule has 0 saturated carbocycles. The molecule has 1 unspecified atom stereocenters. The number of ether oxygens (including phenoxy) is 3. The number of morpholine rings is 1. The van der Waals surface area contributed by atoms with Gasteiger partial charge in [0.15, 0.2) is 11.5 Å². The van der Waals surface area contributed by atoms with Crippen molar-refractivity contribution in [1.29, 1.82) is 0 Å². The van der Waals surface area contributed by atoms with Crippen LogP contribution in [0.1, 0.15) is 37.6 Å². The summed E-state index contributed by atoms with van der Waals surface area (Å²) in [6.07, 6.45) is 1.06. The van der Waals surface area contributed by atoms with Gasteiger partial charge in [-0.1, -0.05) is 13.8 Å². The molecule has 5 nitrogen and oxygen atoms in total. The molecule has 0 spiro atoms. The second-order valence-electron chi connectivity index (χ2n) is 6.33. The van der Waals surface area contributed by atoms with Crippen molar-refractivity contribution in [2.45, 2.75) is 33.3 Å². The zero-order valence-electron chi connectivity index (χ0n) is 14.5. The number of nitrogens with zero attached hydrogens (tertiary/aromatic N) is 1. The lowest BCUT2D eigenvalue weighted by molar-refractivity contribution is -0.0124. The predicted octanol–water partition coefficient (Wildman–Crippen LogP) is 2.98. The minimum atomic E-state index is 0.00665. The van der Waals surface area contributed by atoms with Gasteiger partial charge in [0.25, 0.3) is 5.91 Å². The van der Waals surface area contributed by atoms with E-state index in [1.807, 2.05) is 17.9 Å². The smallest absolute Gasteiger partial charge is 0.254 e. The fraction of sp³-hybridized carbons (Fsp3) is 0.611. The monoisotopic (exact) mass is 321 g/mol. The lowest BCUT2D eigenvalue weighted by Crippen LogP contribution is -2.44. The van der Waals surface area contributed by atoms with Crippen molar-refractivity contribution in [3.63, 3.8) is 0 Å². The molecule has 1 aromatic carbocycles. The van der Waals surface area contributed by atoms with Gasteiger partial charge in [0.2, 0.25) is 0 Å². The van der Waals surface area contributed by atoms with Gasteiger partial charge in [0, 0.05) is 18.7 Å². The minimum Gasteiger partial charge on any atom is -0.493 e. The first-order chi connectivity index (χ1) is 11.0. The molecule has 1 amide bonds. The number of hydrogen-bond acceptors (Lipinski definition) is 4. The quantitative estimate of drug-likeness (QED) is 0.808. The van der Waals surface area contributed by atoms with Gasteiger partial charge in [0.05, 0.1) is 26.4 Å². The summed E-state index contributed by atoms with van der Waals surface area (Å²) < 4.78 is 16.6. The molecular formula is C18H27NO4. The molecule has 0 N–H and O–H groups in total. The first-order valence-electron chi connectivity index (χ1n) is 8.23. The molecule has 1 aliphatic rings. The fourth-order valence-electron chi connectivity index (χ4n) is 2.51. The Kier molecular flexibility index (Phi) is 6.28. The van der Waals surface area contributed by atoms with E-state index in [4.69, 9.17) is 14.2 Å². The molecule has 0 bridgehead atoms. The van der Waals surface area contributed by atoms with Gasteiger partial charge in [-0.05, 0) is 37.5 Å². The van der Waals surface area contributed by atoms with Crippen molar-refractivity contribution < 1.29 is 19.0 Å². The maximum atomic E-state index is 12.6. The standard InChI is InChI=1S/C18H27NO4/c1-13(2)7-9-23-16-6-5-15(11-17(16)21-4)18(20)19-8-10-22-14(3)12-19/h5-6,11,13-14H,7-10,12H2,1-4H3. The molecule has 1 aliphatic heterocycles. The highest BCUT2D eigenvalue weighted by Crippen LogP contribution is 2.29. The van der Waals surface area contributed by atoms with Gasteiger partial charge in [-0.25, -0.2) is 0 Å². The van der Waals surface area contributed by atoms with Crippen LogP contribution in [0.25, 0.3) is 0 Å². The molecule has 2 rings (SSSR count). The van der Waals surface area contributed by atoms with Crippen LogP contribution in [0.2, 0.25) is 0 Å². The van der Waals surface area contributed by atoms with Crippen molar-refractivity contribution in [1.82, 2.24) is 4.90 Å². The number of methoxy groups -OCH3 is 1. The van der Waals surface area contributed by atoms with Crippen molar-refractivity contribution in [2.75, 3.05) is 33.4 Å². The molecule has 5 heteroatoms. The zero-order chi connectivity index (χ0) is 16.8. The van der Waals surface area contributed by atoms with Crippen LogP contribution in [0.15, 0.2) is 18.2 Å². The van der Waals surface area contributed by atoms with Gasteiger partial charge in [-0.3, -0.25) is 4.79 Å². The van der Waals surface area contributed by atoms with Gasteiger partial charge in [0.1, 0.15) is 0 Å². The summed E-state index contributed by atoms with van der Waals surface area (Å²) in [5, 5.41) is 0. The average molecular weight is 321 g/mol. The third-order valence-electron chi connectivity index (χ3n) is 3.89. The SMILES string of the molecule is COc1cc(C(=O)N2CCOC(C)C2)ccc1OCCC(C)C. The predicted molar refractivity (Wildman–Crippen MR) is 89.3 cm³/mol. The number of benzene rings is 1. The van der Waals surface area contributed by atoms with Crippen LogP contribution in [0.3, 0.4) is 0 Å². The van der Waals surface area contributed by atoms with Crippen LogP contribution in [0.5, 0.6) is 11.5 Å². The van der Waals surface area contributed by atoms with E-state index in [9.17, 15) is 4.79 Å². The summed E-state index contributed by atoms with van der Waals surface area (Å²) in [4.78, 5) is 14.4. The van der Waals surface area contributed by atoms with E-state index >= 15 is 0 Å². The van der Waals surface area contributed by atoms with Crippen LogP contribution in [0, 0.1) is 5.92 Å². The molecule has 0 aromatic heterocycles. The second-order valence-corrected chi connectivity index (χ2v) is 6.33. The van der Waals surface area contributed by atoms with Crippen LogP contribution in [-0.4, -0.2) is 50.3 Å². The Morgan fingerprint density at radius 1 is 1.39 bits per heavy atom. The van der Waals surface area contributed by atoms with E-state index in [0.717, 1.165) is 6.42 Å². The van der Waals surface area contributed by atoms with E-state index in [-0.39, 0.29) is 12.0 Å². The third-order valence-corrected chi connectivity index (χ3v) is 3.89. The van der Waals surface area contributed by atoms with Crippen molar-refractivity contribution in [3.05, 3.63) is 23.8 Å². The van der Waals surface area contributed by atoms with Gasteiger partial charge < -0.3 is 19.1 Å². The minimum absolute atomic E-state index is 0.00665. The highest BCUT2D eigenvalue weighted by Gasteiger charge is 2.23. The maximum Gasteiger partial charge on any atom is 0.254 e. The van der Waals surface area contributed by atoms with Gasteiger partial charge in [-0.15, -0.1) is 0 Å². The number of amides is 1. The molecule has 23 heavy (non-hydrogen) atoms. The Morgan fingerprint density at radius 2 is 2.17 bits per heavy atom. The third kappa shape index (κ3) is 4.86. The zero-order valence-corrected chi connectivity index (χ0v) is 14.5. The first kappa shape index (κ1) is 17.6. The van der Waals surface area contributed by atoms with E-state index in [0.29, 0.717) is 49.3 Å². The van der Waals surface area contributed by atoms with Crippen molar-refractivity contribution in [2.24, 2.45) is 5.92 Å². The molecule has 128 valence electrons. The fourth-order valence-corrected chi connectivity index (χ4v) is 2.51. The Morgan fingerprint density at radius 3 is 2.83 bits per heavy atom. The normalized spacial score (nSPS) is 18.1. The van der Waals surface area contributed by atoms with Crippen LogP contribution >= 0.6 is 0 Å². The molecule has 1 aromatic rings. The Labute approximate surface area is 138 Å². The average Bonchev–Trinajstić information content (AvgIpc) is 2.54. The molecule has 1 saturated heterocycles. The maximum absolute atomic E-state index is 12.6. The van der Waals surface area contributed by atoms with Crippen molar-refractivity contribution in [3.8, 4) is 11.5 Å². The lowest BCUT2D eigenvalue weighted by atomic mass is 10.1. The summed E-state index contributed by atoms with van der Waals surface area (Å²) in [6.45, 7) is 8.76. The highest BCUT2D eigenvalue weighted by molar-refractivity contribution is 5.95. The van der Waals surface area contributed by atoms with Gasteiger partial charge >= 0.3 is 0 Å². The molecule has 1 atom stereocenters. The summed E-state index contributed by atoms with van der Waals surface area (Å²) in [5.74, 6) is 1.87. The summed E-state index contributed by atoms with van der Waals surface area (Å²) >= 11 is 0. The molecular weight excluding hydrogens is 294 g/mol. The van der Waals surface area contributed by atoms with E-state index in [1.165, 1.54) is 0 Å². The molecule has 0 aliphatic carbocycles. The van der Waals surface area contributed by atoms with E-state index in [2.05, 4.69) is 13.8 Å². The topological polar surface area (TPSA) is 48.0 Å². The Balaban J connectivity index is 2.06. The number of rotatable bonds is 6. The van der Waals surface area contributed by atoms with Gasteiger partial charge in [-0.2, -0.15) is 0 Å². The summed E-state index contributed by atoms with van der Waals surface area (Å²) in [5.41, 5.74) is 0.618. The molecule has 0 radical (unpaired) electrons. The van der Waals surface area contributed by atoms with Crippen LogP contribution in [0.4, 0.5) is 0 Å². The summed E-state index contributed by atoms with van der Waals surface area (Å²) in [6, 6.07) is 5.37. The number of carbonyl (C=O) groups excluding carboxylic acids is 1. The first-order valence-corrected chi connectivity index (χ1v) is 8.23. The number of hydrogen-bond donors (Lipinski definition) is 0. The van der Waals surface area contributed by atoms with E-state index in [1.54, 1.807) is 19.2 Å². The second kappa shape index (κ2) is 8.20. The van der Waals surface area contributed by atoms with Crippen LogP contribution < -0.4 is 9.47 Å². The number of carbonyl (C=O) groups is 1. The molecule has 1 heterocycles. The largest absolute Gasteiger partial charge is 0.493 e. The van der Waals surface area contributed by atoms with Crippen molar-refractivity contribution >= 4 is 5.91 Å².